The van der Waals surface area contributed by atoms with Crippen molar-refractivity contribution < 1.29 is 57.7 Å². The molecular formula is C9H13Cl3Ti. The van der Waals surface area contributed by atoms with Crippen molar-refractivity contribution >= 4 is 0 Å². The Kier molecular flexibility index (Phi) is 14.5. The van der Waals surface area contributed by atoms with E-state index in [-0.39, 0.29) is 37.2 Å². The van der Waals surface area contributed by atoms with Gasteiger partial charge in [-0.3, -0.25) is 0 Å². The maximum absolute atomic E-state index is 2.27. The topological polar surface area (TPSA) is 0 Å². The van der Waals surface area contributed by atoms with Crippen LogP contribution in [0.4, 0.5) is 0 Å². The first-order valence-corrected chi connectivity index (χ1v) is 4.58. The van der Waals surface area contributed by atoms with Gasteiger partial charge >= 0.3 is 74.6 Å². The van der Waals surface area contributed by atoms with Crippen LogP contribution >= 0.6 is 0 Å². The van der Waals surface area contributed by atoms with E-state index in [2.05, 4.69) is 46.4 Å². The predicted molar refractivity (Wildman–Crippen MR) is 40.2 cm³/mol. The SMILES string of the molecule is CC(C)CC1=[C]([Ti+3])CC=C1.[Cl-].[Cl-].[Cl-]. The van der Waals surface area contributed by atoms with Gasteiger partial charge in [0.25, 0.3) is 0 Å². The fraction of sp³-hybridized carbons (Fsp3) is 0.556. The Balaban J connectivity index is -0.000000333. The summed E-state index contributed by atoms with van der Waals surface area (Å²) in [6, 6.07) is 0. The van der Waals surface area contributed by atoms with Gasteiger partial charge in [-0.1, -0.05) is 0 Å². The molecule has 0 amide bonds. The van der Waals surface area contributed by atoms with Crippen molar-refractivity contribution in [3.8, 4) is 0 Å². The number of rotatable bonds is 2. The van der Waals surface area contributed by atoms with Gasteiger partial charge in [-0.25, -0.2) is 0 Å². The van der Waals surface area contributed by atoms with Crippen LogP contribution in [-0.4, -0.2) is 0 Å². The fourth-order valence-electron chi connectivity index (χ4n) is 1.18. The molecule has 1 rings (SSSR count). The average molecular weight is 275 g/mol. The van der Waals surface area contributed by atoms with Gasteiger partial charge in [-0.2, -0.15) is 0 Å². The van der Waals surface area contributed by atoms with Crippen LogP contribution < -0.4 is 37.2 Å². The third kappa shape index (κ3) is 7.05. The first-order valence-electron chi connectivity index (χ1n) is 3.80. The summed E-state index contributed by atoms with van der Waals surface area (Å²) < 4.78 is 1.56. The number of allylic oxidation sites excluding steroid dienone is 4. The largest absolute Gasteiger partial charge is 1.00 e. The zero-order valence-electron chi connectivity index (χ0n) is 7.78. The maximum Gasteiger partial charge on any atom is -1.00 e. The summed E-state index contributed by atoms with van der Waals surface area (Å²) in [5.74, 6) is 0.799. The number of hydrogen-bond donors (Lipinski definition) is 0. The molecule has 0 fully saturated rings. The standard InChI is InChI=1S/C9H13.3ClH.Ti/c1-8(2)7-9-5-3-4-6-9;;;;/h3,5,8H,4,7H2,1-2H3;3*1H;/q;;;;+3/p-3. The summed E-state index contributed by atoms with van der Waals surface area (Å²) in [6.45, 7) is 4.54. The van der Waals surface area contributed by atoms with Gasteiger partial charge in [0, 0.05) is 0 Å². The van der Waals surface area contributed by atoms with Gasteiger partial charge in [0.05, 0.1) is 0 Å². The van der Waals surface area contributed by atoms with E-state index in [4.69, 9.17) is 0 Å². The molecule has 0 aromatic carbocycles. The first kappa shape index (κ1) is 19.6. The van der Waals surface area contributed by atoms with E-state index in [1.807, 2.05) is 0 Å². The minimum absolute atomic E-state index is 0. The first-order chi connectivity index (χ1) is 4.70. The molecular weight excluding hydrogens is 262 g/mol. The van der Waals surface area contributed by atoms with Crippen molar-refractivity contribution in [2.24, 2.45) is 5.92 Å². The molecule has 0 bridgehead atoms. The van der Waals surface area contributed by atoms with Crippen LogP contribution in [0.25, 0.3) is 0 Å². The summed E-state index contributed by atoms with van der Waals surface area (Å²) in [7, 11) is 0. The Hall–Kier alpha value is 1.06. The van der Waals surface area contributed by atoms with E-state index < -0.39 is 0 Å². The third-order valence-corrected chi connectivity index (χ3v) is 2.48. The van der Waals surface area contributed by atoms with Gasteiger partial charge in [-0.15, -0.1) is 0 Å². The van der Waals surface area contributed by atoms with Crippen molar-refractivity contribution in [1.29, 1.82) is 0 Å². The van der Waals surface area contributed by atoms with Gasteiger partial charge in [0.15, 0.2) is 0 Å². The smallest absolute Gasteiger partial charge is 1.00 e. The normalized spacial score (nSPS) is 13.6. The quantitative estimate of drug-likeness (QED) is 0.440. The summed E-state index contributed by atoms with van der Waals surface area (Å²) in [6.07, 6.45) is 6.97. The molecule has 0 aliphatic heterocycles. The molecule has 0 saturated carbocycles. The van der Waals surface area contributed by atoms with Gasteiger partial charge in [-0.05, 0) is 0 Å². The molecule has 0 spiro atoms. The Labute approximate surface area is 111 Å². The summed E-state index contributed by atoms with van der Waals surface area (Å²) in [4.78, 5) is 0. The molecule has 0 nitrogen and oxygen atoms in total. The van der Waals surface area contributed by atoms with Crippen LogP contribution in [0, 0.1) is 5.92 Å². The molecule has 0 saturated heterocycles. The van der Waals surface area contributed by atoms with Crippen molar-refractivity contribution in [2.45, 2.75) is 26.7 Å². The van der Waals surface area contributed by atoms with E-state index in [1.165, 1.54) is 12.8 Å². The van der Waals surface area contributed by atoms with E-state index in [0.717, 1.165) is 5.92 Å². The minimum atomic E-state index is 0. The molecule has 0 unspecified atom stereocenters. The number of halogens is 3. The average Bonchev–Trinajstić information content (AvgIpc) is 2.15. The molecule has 0 atom stereocenters. The van der Waals surface area contributed by atoms with Crippen LogP contribution in [0.3, 0.4) is 0 Å². The van der Waals surface area contributed by atoms with Crippen molar-refractivity contribution in [2.75, 3.05) is 0 Å². The molecule has 13 heavy (non-hydrogen) atoms. The zero-order chi connectivity index (χ0) is 7.56. The molecule has 0 N–H and O–H groups in total. The van der Waals surface area contributed by atoms with Crippen molar-refractivity contribution in [1.82, 2.24) is 0 Å². The third-order valence-electron chi connectivity index (χ3n) is 1.66. The second-order valence-electron chi connectivity index (χ2n) is 3.21. The molecule has 4 heteroatoms. The molecule has 1 aliphatic rings. The van der Waals surface area contributed by atoms with Gasteiger partial charge in [0.1, 0.15) is 0 Å². The minimum Gasteiger partial charge on any atom is -1.00 e. The fourth-order valence-corrected chi connectivity index (χ4v) is 1.66. The van der Waals surface area contributed by atoms with Gasteiger partial charge in [0.2, 0.25) is 0 Å². The Morgan fingerprint density at radius 1 is 1.31 bits per heavy atom. The van der Waals surface area contributed by atoms with Crippen LogP contribution in [0.5, 0.6) is 0 Å². The van der Waals surface area contributed by atoms with Crippen molar-refractivity contribution in [3.05, 3.63) is 21.6 Å². The summed E-state index contributed by atoms with van der Waals surface area (Å²) in [5.41, 5.74) is 1.56. The predicted octanol–water partition coefficient (Wildman–Crippen LogP) is -6.19. The Morgan fingerprint density at radius 3 is 2.15 bits per heavy atom. The second kappa shape index (κ2) is 9.61. The number of hydrogen-bond acceptors (Lipinski definition) is 0. The Bertz CT molecular complexity index is 185. The van der Waals surface area contributed by atoms with E-state index in [0.29, 0.717) is 0 Å². The Morgan fingerprint density at radius 2 is 1.85 bits per heavy atom. The maximum atomic E-state index is 2.27. The van der Waals surface area contributed by atoms with Gasteiger partial charge < -0.3 is 37.2 Å². The molecule has 1 aliphatic carbocycles. The zero-order valence-corrected chi connectivity index (χ0v) is 11.6. The van der Waals surface area contributed by atoms with Crippen LogP contribution in [0.15, 0.2) is 21.6 Å². The monoisotopic (exact) mass is 274 g/mol. The molecule has 0 radical (unpaired) electrons. The molecule has 74 valence electrons. The van der Waals surface area contributed by atoms with E-state index >= 15 is 0 Å². The molecule has 0 heterocycles. The van der Waals surface area contributed by atoms with Crippen LogP contribution in [-0.2, 0) is 20.4 Å². The van der Waals surface area contributed by atoms with E-state index in [1.54, 1.807) is 9.45 Å². The molecule has 0 aromatic rings. The summed E-state index contributed by atoms with van der Waals surface area (Å²) >= 11 is 2.23. The summed E-state index contributed by atoms with van der Waals surface area (Å²) in [5, 5.41) is 0. The molecule has 0 aromatic heterocycles. The van der Waals surface area contributed by atoms with Crippen molar-refractivity contribution in [3.63, 3.8) is 0 Å². The second-order valence-corrected chi connectivity index (χ2v) is 4.15. The van der Waals surface area contributed by atoms with E-state index in [9.17, 15) is 0 Å². The van der Waals surface area contributed by atoms with Crippen LogP contribution in [0.2, 0.25) is 0 Å². The van der Waals surface area contributed by atoms with Crippen LogP contribution in [0.1, 0.15) is 26.7 Å².